The van der Waals surface area contributed by atoms with Gasteiger partial charge in [-0.1, -0.05) is 11.6 Å². The van der Waals surface area contributed by atoms with Crippen molar-refractivity contribution < 1.29 is 17.6 Å². The first kappa shape index (κ1) is 15.3. The van der Waals surface area contributed by atoms with Crippen molar-refractivity contribution in [2.75, 3.05) is 0 Å². The summed E-state index contributed by atoms with van der Waals surface area (Å²) in [5.41, 5.74) is -0.640. The Balaban J connectivity index is 1.89. The van der Waals surface area contributed by atoms with Crippen LogP contribution in [0.15, 0.2) is 52.5 Å². The first-order valence-electron chi connectivity index (χ1n) is 6.29. The Morgan fingerprint density at radius 3 is 2.57 bits per heavy atom. The molecule has 0 bridgehead atoms. The van der Waals surface area contributed by atoms with E-state index in [1.165, 1.54) is 35.7 Å². The molecule has 3 rings (SSSR count). The van der Waals surface area contributed by atoms with Crippen LogP contribution in [0, 0.1) is 0 Å². The summed E-state index contributed by atoms with van der Waals surface area (Å²) in [5.74, 6) is 0.648. The monoisotopic (exact) mass is 340 g/mol. The summed E-state index contributed by atoms with van der Waals surface area (Å²) in [4.78, 5) is 0. The summed E-state index contributed by atoms with van der Waals surface area (Å²) in [7, 11) is 0. The lowest BCUT2D eigenvalue weighted by atomic mass is 10.1. The van der Waals surface area contributed by atoms with E-state index >= 15 is 0 Å². The van der Waals surface area contributed by atoms with Crippen molar-refractivity contribution in [3.05, 3.63) is 59.3 Å². The number of hydrogen-bond donors (Lipinski definition) is 0. The fourth-order valence-electron chi connectivity index (χ4n) is 1.85. The molecule has 0 fully saturated rings. The largest absolute Gasteiger partial charge is 0.455 e. The molecule has 0 unspecified atom stereocenters. The number of benzene rings is 1. The molecule has 0 N–H and O–H groups in total. The summed E-state index contributed by atoms with van der Waals surface area (Å²) in [6, 6.07) is 6.73. The van der Waals surface area contributed by atoms with Gasteiger partial charge in [-0.3, -0.25) is 0 Å². The minimum atomic E-state index is -4.53. The first-order valence-corrected chi connectivity index (χ1v) is 6.67. The SMILES string of the molecule is FC(F)(F)c1cc(-c2ccc(/C=N/n3cnnc3)o2)ccc1Cl. The standard InChI is InChI=1S/C14H8ClF3N4O/c15-12-3-1-9(5-11(12)14(16,17)18)13-4-2-10(23-13)6-21-22-7-19-20-8-22/h1-8H/b21-6+. The third-order valence-corrected chi connectivity index (χ3v) is 3.24. The molecule has 0 aliphatic heterocycles. The minimum absolute atomic E-state index is 0.269. The lowest BCUT2D eigenvalue weighted by Crippen LogP contribution is -2.05. The molecule has 0 radical (unpaired) electrons. The molecule has 0 saturated heterocycles. The van der Waals surface area contributed by atoms with Crippen LogP contribution in [-0.4, -0.2) is 21.1 Å². The molecule has 0 aliphatic rings. The molecule has 118 valence electrons. The maximum absolute atomic E-state index is 12.9. The fraction of sp³-hybridized carbons (Fsp3) is 0.0714. The number of hydrogen-bond acceptors (Lipinski definition) is 4. The Labute approximate surface area is 133 Å². The second-order valence-corrected chi connectivity index (χ2v) is 4.89. The van der Waals surface area contributed by atoms with Crippen molar-refractivity contribution in [1.82, 2.24) is 14.9 Å². The van der Waals surface area contributed by atoms with Crippen molar-refractivity contribution in [2.45, 2.75) is 6.18 Å². The summed E-state index contributed by atoms with van der Waals surface area (Å²) < 4.78 is 45.4. The molecule has 9 heteroatoms. The molecule has 0 spiro atoms. The van der Waals surface area contributed by atoms with E-state index in [1.54, 1.807) is 12.1 Å². The van der Waals surface area contributed by atoms with E-state index in [0.29, 0.717) is 5.76 Å². The lowest BCUT2D eigenvalue weighted by Gasteiger charge is -2.09. The molecular formula is C14H8ClF3N4O. The molecular weight excluding hydrogens is 333 g/mol. The molecule has 23 heavy (non-hydrogen) atoms. The van der Waals surface area contributed by atoms with E-state index in [2.05, 4.69) is 15.3 Å². The van der Waals surface area contributed by atoms with Crippen molar-refractivity contribution in [1.29, 1.82) is 0 Å². The first-order chi connectivity index (χ1) is 10.9. The molecule has 2 heterocycles. The van der Waals surface area contributed by atoms with Gasteiger partial charge in [0, 0.05) is 5.56 Å². The van der Waals surface area contributed by atoms with E-state index in [0.717, 1.165) is 6.07 Å². The number of rotatable bonds is 3. The molecule has 5 nitrogen and oxygen atoms in total. The second-order valence-electron chi connectivity index (χ2n) is 4.48. The molecule has 0 amide bonds. The highest BCUT2D eigenvalue weighted by molar-refractivity contribution is 6.31. The lowest BCUT2D eigenvalue weighted by molar-refractivity contribution is -0.137. The van der Waals surface area contributed by atoms with Gasteiger partial charge in [-0.05, 0) is 30.3 Å². The zero-order valence-electron chi connectivity index (χ0n) is 11.3. The molecule has 0 atom stereocenters. The number of nitrogens with zero attached hydrogens (tertiary/aromatic N) is 4. The highest BCUT2D eigenvalue weighted by Gasteiger charge is 2.33. The normalized spacial score (nSPS) is 12.2. The number of alkyl halides is 3. The third kappa shape index (κ3) is 3.42. The summed E-state index contributed by atoms with van der Waals surface area (Å²) >= 11 is 5.59. The van der Waals surface area contributed by atoms with Crippen LogP contribution in [0.4, 0.5) is 13.2 Å². The molecule has 2 aromatic heterocycles. The quantitative estimate of drug-likeness (QED) is 0.675. The Bertz CT molecular complexity index is 840. The van der Waals surface area contributed by atoms with Crippen LogP contribution >= 0.6 is 11.6 Å². The van der Waals surface area contributed by atoms with Gasteiger partial charge in [-0.15, -0.1) is 10.2 Å². The van der Waals surface area contributed by atoms with Gasteiger partial charge < -0.3 is 4.42 Å². The van der Waals surface area contributed by atoms with E-state index in [9.17, 15) is 13.2 Å². The van der Waals surface area contributed by atoms with Gasteiger partial charge in [0.25, 0.3) is 0 Å². The van der Waals surface area contributed by atoms with Gasteiger partial charge in [0.1, 0.15) is 24.2 Å². The van der Waals surface area contributed by atoms with Gasteiger partial charge in [0.05, 0.1) is 16.8 Å². The fourth-order valence-corrected chi connectivity index (χ4v) is 2.08. The maximum atomic E-state index is 12.9. The van der Waals surface area contributed by atoms with E-state index in [4.69, 9.17) is 16.0 Å². The van der Waals surface area contributed by atoms with Crippen molar-refractivity contribution >= 4 is 17.8 Å². The Kier molecular flexibility index (Phi) is 3.91. The van der Waals surface area contributed by atoms with Crippen molar-refractivity contribution in [3.8, 4) is 11.3 Å². The van der Waals surface area contributed by atoms with Gasteiger partial charge in [-0.25, -0.2) is 4.68 Å². The summed E-state index contributed by atoms with van der Waals surface area (Å²) in [6.07, 6.45) is -0.365. The Hall–Kier alpha value is -2.61. The van der Waals surface area contributed by atoms with Crippen LogP contribution in [0.25, 0.3) is 11.3 Å². The van der Waals surface area contributed by atoms with Gasteiger partial charge in [0.2, 0.25) is 0 Å². The van der Waals surface area contributed by atoms with Gasteiger partial charge in [0.15, 0.2) is 0 Å². The zero-order valence-corrected chi connectivity index (χ0v) is 12.1. The van der Waals surface area contributed by atoms with Gasteiger partial charge >= 0.3 is 6.18 Å². The van der Waals surface area contributed by atoms with E-state index in [1.807, 2.05) is 0 Å². The highest BCUT2D eigenvalue weighted by Crippen LogP contribution is 2.37. The van der Waals surface area contributed by atoms with Crippen LogP contribution in [-0.2, 0) is 6.18 Å². The maximum Gasteiger partial charge on any atom is 0.417 e. The number of halogens is 4. The molecule has 0 saturated carbocycles. The summed E-state index contributed by atoms with van der Waals surface area (Å²) in [5, 5.41) is 10.8. The topological polar surface area (TPSA) is 56.2 Å². The highest BCUT2D eigenvalue weighted by atomic mass is 35.5. The number of furan rings is 1. The second kappa shape index (κ2) is 5.88. The third-order valence-electron chi connectivity index (χ3n) is 2.91. The molecule has 0 aliphatic carbocycles. The van der Waals surface area contributed by atoms with Crippen LogP contribution < -0.4 is 0 Å². The van der Waals surface area contributed by atoms with Crippen LogP contribution in [0.5, 0.6) is 0 Å². The van der Waals surface area contributed by atoms with E-state index in [-0.39, 0.29) is 16.3 Å². The van der Waals surface area contributed by atoms with Crippen LogP contribution in [0.2, 0.25) is 5.02 Å². The predicted molar refractivity (Wildman–Crippen MR) is 77.2 cm³/mol. The molecule has 3 aromatic rings. The van der Waals surface area contributed by atoms with Crippen LogP contribution in [0.3, 0.4) is 0 Å². The Morgan fingerprint density at radius 1 is 1.13 bits per heavy atom. The van der Waals surface area contributed by atoms with Crippen molar-refractivity contribution in [3.63, 3.8) is 0 Å². The van der Waals surface area contributed by atoms with Crippen LogP contribution in [0.1, 0.15) is 11.3 Å². The predicted octanol–water partition coefficient (Wildman–Crippen LogP) is 4.09. The van der Waals surface area contributed by atoms with Crippen molar-refractivity contribution in [2.24, 2.45) is 5.10 Å². The van der Waals surface area contributed by atoms with Gasteiger partial charge in [-0.2, -0.15) is 18.3 Å². The minimum Gasteiger partial charge on any atom is -0.455 e. The number of aromatic nitrogens is 3. The average Bonchev–Trinajstić information content (AvgIpc) is 3.16. The molecule has 1 aromatic carbocycles. The van der Waals surface area contributed by atoms with E-state index < -0.39 is 11.7 Å². The average molecular weight is 341 g/mol. The Morgan fingerprint density at radius 2 is 1.87 bits per heavy atom. The smallest absolute Gasteiger partial charge is 0.417 e. The summed E-state index contributed by atoms with van der Waals surface area (Å²) in [6.45, 7) is 0. The zero-order chi connectivity index (χ0) is 16.4.